The van der Waals surface area contributed by atoms with Crippen molar-refractivity contribution in [3.8, 4) is 17.2 Å². The normalized spacial score (nSPS) is 25.2. The summed E-state index contributed by atoms with van der Waals surface area (Å²) >= 11 is 0. The Kier molecular flexibility index (Phi) is 7.12. The summed E-state index contributed by atoms with van der Waals surface area (Å²) in [7, 11) is 0. The number of ketones is 2. The largest absolute Gasteiger partial charge is 0.507 e. The standard InChI is InChI=1S/C25H26O11/c1-10-19(28)23(32)24(33)25(34-10)36-17-9-16-18(22(31)14(17)4-3-7-26)21(30)13-6-5-12(35-11(2)27)8-15(13)20(16)29/h5-6,8-10,19,23-26,28,31-33H,3-4,7H2,1-2H3/t10-,19-,23-,24-,25-/m1/s1. The molecule has 0 bridgehead atoms. The maximum atomic E-state index is 13.4. The van der Waals surface area contributed by atoms with E-state index >= 15 is 0 Å². The molecule has 1 aliphatic carbocycles. The van der Waals surface area contributed by atoms with Crippen LogP contribution in [0.2, 0.25) is 0 Å². The van der Waals surface area contributed by atoms with E-state index in [0.29, 0.717) is 0 Å². The summed E-state index contributed by atoms with van der Waals surface area (Å²) in [5.41, 5.74) is -0.375. The highest BCUT2D eigenvalue weighted by molar-refractivity contribution is 6.29. The summed E-state index contributed by atoms with van der Waals surface area (Å²) < 4.78 is 16.2. The molecule has 11 nitrogen and oxygen atoms in total. The predicted octanol–water partition coefficient (Wildman–Crippen LogP) is 0.224. The average molecular weight is 502 g/mol. The van der Waals surface area contributed by atoms with Gasteiger partial charge in [0.2, 0.25) is 6.29 Å². The molecule has 1 fully saturated rings. The molecule has 192 valence electrons. The number of aromatic hydroxyl groups is 1. The number of carbonyl (C=O) groups is 3. The molecule has 1 aliphatic heterocycles. The molecule has 2 aliphatic rings. The Labute approximate surface area is 205 Å². The third-order valence-electron chi connectivity index (χ3n) is 6.21. The molecule has 5 N–H and O–H groups in total. The van der Waals surface area contributed by atoms with Crippen LogP contribution in [0.15, 0.2) is 24.3 Å². The molecule has 4 rings (SSSR count). The van der Waals surface area contributed by atoms with Crippen LogP contribution in [0.25, 0.3) is 0 Å². The third kappa shape index (κ3) is 4.47. The molecule has 0 amide bonds. The van der Waals surface area contributed by atoms with Crippen LogP contribution < -0.4 is 9.47 Å². The lowest BCUT2D eigenvalue weighted by Crippen LogP contribution is -2.58. The first-order chi connectivity index (χ1) is 17.0. The molecule has 0 unspecified atom stereocenters. The molecule has 2 aromatic rings. The molecule has 0 spiro atoms. The maximum absolute atomic E-state index is 13.4. The second-order valence-electron chi connectivity index (χ2n) is 8.71. The number of esters is 1. The fourth-order valence-electron chi connectivity index (χ4n) is 4.35. The Morgan fingerprint density at radius 2 is 1.72 bits per heavy atom. The summed E-state index contributed by atoms with van der Waals surface area (Å²) in [5, 5.41) is 50.8. The molecule has 0 aromatic heterocycles. The lowest BCUT2D eigenvalue weighted by molar-refractivity contribution is -0.268. The van der Waals surface area contributed by atoms with Crippen LogP contribution >= 0.6 is 0 Å². The van der Waals surface area contributed by atoms with E-state index in [1.165, 1.54) is 38.1 Å². The lowest BCUT2D eigenvalue weighted by atomic mass is 9.81. The Morgan fingerprint density at radius 1 is 1.00 bits per heavy atom. The number of hydrogen-bond donors (Lipinski definition) is 5. The van der Waals surface area contributed by atoms with E-state index in [0.717, 1.165) is 0 Å². The molecule has 36 heavy (non-hydrogen) atoms. The van der Waals surface area contributed by atoms with E-state index in [1.807, 2.05) is 0 Å². The van der Waals surface area contributed by atoms with Crippen molar-refractivity contribution in [2.75, 3.05) is 6.61 Å². The first-order valence-corrected chi connectivity index (χ1v) is 11.3. The predicted molar refractivity (Wildman–Crippen MR) is 121 cm³/mol. The Morgan fingerprint density at radius 3 is 2.39 bits per heavy atom. The fourth-order valence-corrected chi connectivity index (χ4v) is 4.35. The number of phenolic OH excluding ortho intramolecular Hbond substituents is 1. The summed E-state index contributed by atoms with van der Waals surface area (Å²) in [5.74, 6) is -2.46. The number of aliphatic hydroxyl groups excluding tert-OH is 4. The molecule has 11 heteroatoms. The highest BCUT2D eigenvalue weighted by Crippen LogP contribution is 2.42. The maximum Gasteiger partial charge on any atom is 0.308 e. The van der Waals surface area contributed by atoms with E-state index in [1.54, 1.807) is 0 Å². The Hall–Kier alpha value is -3.35. The van der Waals surface area contributed by atoms with Gasteiger partial charge in [0.25, 0.3) is 0 Å². The highest BCUT2D eigenvalue weighted by Gasteiger charge is 2.44. The minimum atomic E-state index is -1.66. The lowest BCUT2D eigenvalue weighted by Gasteiger charge is -2.39. The van der Waals surface area contributed by atoms with Gasteiger partial charge in [-0.25, -0.2) is 0 Å². The SMILES string of the molecule is CC(=O)Oc1ccc2c(c1)C(=O)c1cc(O[C@H]3O[C@H](C)[C@@H](O)[C@@H](O)[C@H]3O)c(CCCO)c(O)c1C2=O. The second kappa shape index (κ2) is 9.96. The molecular formula is C25H26O11. The van der Waals surface area contributed by atoms with Gasteiger partial charge in [-0.3, -0.25) is 14.4 Å². The monoisotopic (exact) mass is 502 g/mol. The van der Waals surface area contributed by atoms with Gasteiger partial charge in [-0.15, -0.1) is 0 Å². The fraction of sp³-hybridized carbons (Fsp3) is 0.400. The van der Waals surface area contributed by atoms with Crippen LogP contribution in [-0.2, 0) is 16.0 Å². The summed E-state index contributed by atoms with van der Waals surface area (Å²) in [4.78, 5) is 38.0. The van der Waals surface area contributed by atoms with Gasteiger partial charge < -0.3 is 39.7 Å². The topological polar surface area (TPSA) is 180 Å². The number of hydrogen-bond acceptors (Lipinski definition) is 11. The summed E-state index contributed by atoms with van der Waals surface area (Å²) in [6.07, 6.45) is -6.76. The van der Waals surface area contributed by atoms with Crippen LogP contribution in [0.5, 0.6) is 17.2 Å². The van der Waals surface area contributed by atoms with Gasteiger partial charge in [0.15, 0.2) is 11.6 Å². The number of aliphatic hydroxyl groups is 4. The molecule has 2 aromatic carbocycles. The van der Waals surface area contributed by atoms with Crippen LogP contribution in [0, 0.1) is 0 Å². The quantitative estimate of drug-likeness (QED) is 0.230. The van der Waals surface area contributed by atoms with Crippen molar-refractivity contribution < 1.29 is 54.1 Å². The number of ether oxygens (including phenoxy) is 3. The Bertz CT molecular complexity index is 1220. The number of rotatable bonds is 6. The Balaban J connectivity index is 1.80. The number of fused-ring (bicyclic) bond motifs is 2. The number of benzene rings is 2. The smallest absolute Gasteiger partial charge is 0.308 e. The second-order valence-corrected chi connectivity index (χ2v) is 8.71. The van der Waals surface area contributed by atoms with E-state index in [9.17, 15) is 39.9 Å². The molecule has 1 saturated heterocycles. The van der Waals surface area contributed by atoms with Crippen molar-refractivity contribution in [2.24, 2.45) is 0 Å². The summed E-state index contributed by atoms with van der Waals surface area (Å²) in [6, 6.07) is 5.17. The van der Waals surface area contributed by atoms with Gasteiger partial charge in [0.05, 0.1) is 11.7 Å². The summed E-state index contributed by atoms with van der Waals surface area (Å²) in [6.45, 7) is 2.41. The van der Waals surface area contributed by atoms with Crippen LogP contribution in [0.3, 0.4) is 0 Å². The number of carbonyl (C=O) groups excluding carboxylic acids is 3. The molecule has 1 heterocycles. The van der Waals surface area contributed by atoms with Gasteiger partial charge >= 0.3 is 5.97 Å². The molecule has 5 atom stereocenters. The molecular weight excluding hydrogens is 476 g/mol. The van der Waals surface area contributed by atoms with Crippen LogP contribution in [-0.4, -0.2) is 80.4 Å². The van der Waals surface area contributed by atoms with Crippen molar-refractivity contribution >= 4 is 17.5 Å². The van der Waals surface area contributed by atoms with Gasteiger partial charge in [-0.1, -0.05) is 0 Å². The first kappa shape index (κ1) is 25.7. The van der Waals surface area contributed by atoms with Crippen molar-refractivity contribution in [1.29, 1.82) is 0 Å². The van der Waals surface area contributed by atoms with E-state index in [2.05, 4.69) is 0 Å². The van der Waals surface area contributed by atoms with Gasteiger partial charge in [-0.2, -0.15) is 0 Å². The van der Waals surface area contributed by atoms with Gasteiger partial charge in [-0.05, 0) is 44.0 Å². The van der Waals surface area contributed by atoms with Gasteiger partial charge in [0.1, 0.15) is 35.6 Å². The van der Waals surface area contributed by atoms with E-state index in [4.69, 9.17) is 14.2 Å². The third-order valence-corrected chi connectivity index (χ3v) is 6.21. The first-order valence-electron chi connectivity index (χ1n) is 11.3. The van der Waals surface area contributed by atoms with Crippen LogP contribution in [0.4, 0.5) is 0 Å². The average Bonchev–Trinajstić information content (AvgIpc) is 2.83. The number of phenols is 1. The minimum absolute atomic E-state index is 0.0115. The van der Waals surface area contributed by atoms with E-state index < -0.39 is 54.0 Å². The zero-order valence-electron chi connectivity index (χ0n) is 19.5. The minimum Gasteiger partial charge on any atom is -0.507 e. The van der Waals surface area contributed by atoms with Crippen molar-refractivity contribution in [2.45, 2.75) is 57.4 Å². The van der Waals surface area contributed by atoms with Crippen LogP contribution in [0.1, 0.15) is 57.7 Å². The zero-order chi connectivity index (χ0) is 26.3. The van der Waals surface area contributed by atoms with Crippen molar-refractivity contribution in [3.05, 3.63) is 52.1 Å². The molecule has 0 saturated carbocycles. The van der Waals surface area contributed by atoms with E-state index in [-0.39, 0.29) is 58.8 Å². The molecule has 0 radical (unpaired) electrons. The highest BCUT2D eigenvalue weighted by atomic mass is 16.7. The zero-order valence-corrected chi connectivity index (χ0v) is 19.5. The van der Waals surface area contributed by atoms with Crippen molar-refractivity contribution in [1.82, 2.24) is 0 Å². The van der Waals surface area contributed by atoms with Gasteiger partial charge in [0, 0.05) is 35.8 Å². The van der Waals surface area contributed by atoms with Crippen molar-refractivity contribution in [3.63, 3.8) is 0 Å².